The molecule has 0 saturated carbocycles. The Balaban J connectivity index is 1.98. The van der Waals surface area contributed by atoms with Gasteiger partial charge in [-0.3, -0.25) is 9.78 Å². The molecule has 3 rings (SSSR count). The zero-order valence-corrected chi connectivity index (χ0v) is 10.2. The number of fused-ring (bicyclic) bond motifs is 1. The van der Waals surface area contributed by atoms with Gasteiger partial charge in [0.05, 0.1) is 17.8 Å². The highest BCUT2D eigenvalue weighted by Gasteiger charge is 2.24. The number of pyridine rings is 1. The van der Waals surface area contributed by atoms with E-state index in [2.05, 4.69) is 4.98 Å². The van der Waals surface area contributed by atoms with Gasteiger partial charge in [0.2, 0.25) is 0 Å². The van der Waals surface area contributed by atoms with Crippen LogP contribution in [0.5, 0.6) is 5.75 Å². The van der Waals surface area contributed by atoms with Crippen molar-refractivity contribution < 1.29 is 9.53 Å². The summed E-state index contributed by atoms with van der Waals surface area (Å²) in [4.78, 5) is 18.1. The minimum atomic E-state index is -0.0811. The molecule has 1 aliphatic rings. The lowest BCUT2D eigenvalue weighted by molar-refractivity contribution is 0.0976. The molecule has 0 aliphatic carbocycles. The average molecular weight is 255 g/mol. The van der Waals surface area contributed by atoms with Crippen molar-refractivity contribution in [3.05, 3.63) is 48.3 Å². The molecule has 96 valence electrons. The third-order valence-electron chi connectivity index (χ3n) is 3.00. The molecule has 0 fully saturated rings. The van der Waals surface area contributed by atoms with Crippen molar-refractivity contribution >= 4 is 17.3 Å². The van der Waals surface area contributed by atoms with E-state index in [1.165, 1.54) is 0 Å². The van der Waals surface area contributed by atoms with Crippen LogP contribution in [0.25, 0.3) is 0 Å². The maximum absolute atomic E-state index is 12.4. The second kappa shape index (κ2) is 4.61. The second-order valence-electron chi connectivity index (χ2n) is 4.27. The van der Waals surface area contributed by atoms with E-state index in [1.807, 2.05) is 0 Å². The monoisotopic (exact) mass is 255 g/mol. The summed E-state index contributed by atoms with van der Waals surface area (Å²) < 4.78 is 5.53. The van der Waals surface area contributed by atoms with Crippen molar-refractivity contribution in [3.63, 3.8) is 0 Å². The fourth-order valence-electron chi connectivity index (χ4n) is 2.09. The second-order valence-corrected chi connectivity index (χ2v) is 4.27. The van der Waals surface area contributed by atoms with E-state index in [9.17, 15) is 4.79 Å². The van der Waals surface area contributed by atoms with Gasteiger partial charge in [-0.25, -0.2) is 0 Å². The number of hydrogen-bond donors (Lipinski definition) is 1. The van der Waals surface area contributed by atoms with Gasteiger partial charge in [0.1, 0.15) is 12.4 Å². The Labute approximate surface area is 110 Å². The summed E-state index contributed by atoms with van der Waals surface area (Å²) in [6, 6.07) is 8.80. The van der Waals surface area contributed by atoms with E-state index >= 15 is 0 Å². The number of aromatic nitrogens is 1. The topological polar surface area (TPSA) is 68.5 Å². The first-order valence-electron chi connectivity index (χ1n) is 6.00. The molecule has 1 aromatic heterocycles. The number of benzene rings is 1. The zero-order chi connectivity index (χ0) is 13.2. The van der Waals surface area contributed by atoms with Gasteiger partial charge in [-0.1, -0.05) is 0 Å². The molecule has 0 radical (unpaired) electrons. The number of anilines is 2. The normalized spacial score (nSPS) is 13.6. The Bertz CT molecular complexity index is 613. The van der Waals surface area contributed by atoms with Crippen molar-refractivity contribution in [2.45, 2.75) is 0 Å². The first kappa shape index (κ1) is 11.5. The van der Waals surface area contributed by atoms with Crippen molar-refractivity contribution in [2.75, 3.05) is 23.8 Å². The number of hydrogen-bond acceptors (Lipinski definition) is 4. The van der Waals surface area contributed by atoms with Crippen LogP contribution < -0.4 is 15.4 Å². The van der Waals surface area contributed by atoms with Gasteiger partial charge in [0, 0.05) is 24.1 Å². The van der Waals surface area contributed by atoms with Crippen LogP contribution in [0.1, 0.15) is 10.4 Å². The fourth-order valence-corrected chi connectivity index (χ4v) is 2.09. The molecular weight excluding hydrogens is 242 g/mol. The third kappa shape index (κ3) is 2.10. The molecule has 2 heterocycles. The first-order valence-corrected chi connectivity index (χ1v) is 6.00. The molecule has 5 nitrogen and oxygen atoms in total. The van der Waals surface area contributed by atoms with Crippen LogP contribution in [0.2, 0.25) is 0 Å². The molecule has 0 atom stereocenters. The Morgan fingerprint density at radius 1 is 1.37 bits per heavy atom. The number of carbonyl (C=O) groups is 1. The van der Waals surface area contributed by atoms with Crippen LogP contribution in [0.4, 0.5) is 11.4 Å². The molecule has 2 N–H and O–H groups in total. The molecule has 2 aromatic rings. The molecule has 19 heavy (non-hydrogen) atoms. The van der Waals surface area contributed by atoms with Crippen LogP contribution in [-0.2, 0) is 0 Å². The smallest absolute Gasteiger partial charge is 0.260 e. The average Bonchev–Trinajstić information content (AvgIpc) is 2.46. The molecule has 5 heteroatoms. The predicted molar refractivity (Wildman–Crippen MR) is 72.3 cm³/mol. The van der Waals surface area contributed by atoms with Gasteiger partial charge < -0.3 is 15.4 Å². The summed E-state index contributed by atoms with van der Waals surface area (Å²) in [5.41, 5.74) is 7.65. The van der Waals surface area contributed by atoms with Crippen molar-refractivity contribution in [1.29, 1.82) is 0 Å². The summed E-state index contributed by atoms with van der Waals surface area (Å²) in [5.74, 6) is 0.561. The van der Waals surface area contributed by atoms with Crippen molar-refractivity contribution in [2.24, 2.45) is 0 Å². The highest BCUT2D eigenvalue weighted by molar-refractivity contribution is 6.07. The van der Waals surface area contributed by atoms with E-state index in [-0.39, 0.29) is 5.91 Å². The number of nitrogens with zero attached hydrogens (tertiary/aromatic N) is 2. The largest absolute Gasteiger partial charge is 0.489 e. The quantitative estimate of drug-likeness (QED) is 0.787. The van der Waals surface area contributed by atoms with Gasteiger partial charge >= 0.3 is 0 Å². The molecule has 1 aromatic carbocycles. The van der Waals surface area contributed by atoms with Crippen molar-refractivity contribution in [3.8, 4) is 5.75 Å². The number of nitrogen functional groups attached to an aromatic ring is 1. The summed E-state index contributed by atoms with van der Waals surface area (Å²) >= 11 is 0. The van der Waals surface area contributed by atoms with Crippen LogP contribution in [0.15, 0.2) is 42.7 Å². The van der Waals surface area contributed by atoms with Crippen LogP contribution >= 0.6 is 0 Å². The van der Waals surface area contributed by atoms with E-state index in [4.69, 9.17) is 10.5 Å². The maximum atomic E-state index is 12.4. The molecule has 0 bridgehead atoms. The van der Waals surface area contributed by atoms with Gasteiger partial charge in [-0.2, -0.15) is 0 Å². The predicted octanol–water partition coefficient (Wildman–Crippen LogP) is 1.70. The van der Waals surface area contributed by atoms with Crippen LogP contribution in [0.3, 0.4) is 0 Å². The third-order valence-corrected chi connectivity index (χ3v) is 3.00. The van der Waals surface area contributed by atoms with Gasteiger partial charge in [0.15, 0.2) is 0 Å². The Hall–Kier alpha value is -2.56. The van der Waals surface area contributed by atoms with E-state index < -0.39 is 0 Å². The minimum absolute atomic E-state index is 0.0811. The highest BCUT2D eigenvalue weighted by atomic mass is 16.5. The lowest BCUT2D eigenvalue weighted by Gasteiger charge is -2.29. The Morgan fingerprint density at radius 2 is 2.26 bits per heavy atom. The van der Waals surface area contributed by atoms with Gasteiger partial charge in [0.25, 0.3) is 5.91 Å². The number of nitrogens with two attached hydrogens (primary N) is 1. The fraction of sp³-hybridized carbons (Fsp3) is 0.143. The Morgan fingerprint density at radius 3 is 3.05 bits per heavy atom. The summed E-state index contributed by atoms with van der Waals surface area (Å²) in [6.45, 7) is 0.979. The number of ether oxygens (including phenoxy) is 1. The van der Waals surface area contributed by atoms with E-state index in [0.29, 0.717) is 30.2 Å². The maximum Gasteiger partial charge on any atom is 0.260 e. The Kier molecular flexibility index (Phi) is 2.79. The van der Waals surface area contributed by atoms with Crippen LogP contribution in [0, 0.1) is 0 Å². The molecule has 0 spiro atoms. The van der Waals surface area contributed by atoms with E-state index in [0.717, 1.165) is 5.69 Å². The van der Waals surface area contributed by atoms with Gasteiger partial charge in [-0.05, 0) is 24.3 Å². The molecule has 0 unspecified atom stereocenters. The molecular formula is C14H13N3O2. The lowest BCUT2D eigenvalue weighted by Crippen LogP contribution is -2.38. The molecule has 1 aliphatic heterocycles. The minimum Gasteiger partial charge on any atom is -0.489 e. The van der Waals surface area contributed by atoms with Crippen molar-refractivity contribution in [1.82, 2.24) is 4.98 Å². The van der Waals surface area contributed by atoms with E-state index in [1.54, 1.807) is 47.6 Å². The number of amides is 1. The first-order chi connectivity index (χ1) is 9.25. The SMILES string of the molecule is Nc1ccc2c(c1)OCCN2C(=O)c1cccnc1. The number of carbonyl (C=O) groups excluding carboxylic acids is 1. The zero-order valence-electron chi connectivity index (χ0n) is 10.2. The summed E-state index contributed by atoms with van der Waals surface area (Å²) in [6.07, 6.45) is 3.21. The summed E-state index contributed by atoms with van der Waals surface area (Å²) in [5, 5.41) is 0. The molecule has 0 saturated heterocycles. The van der Waals surface area contributed by atoms with Gasteiger partial charge in [-0.15, -0.1) is 0 Å². The molecule has 1 amide bonds. The van der Waals surface area contributed by atoms with Crippen LogP contribution in [-0.4, -0.2) is 24.0 Å². The lowest BCUT2D eigenvalue weighted by atomic mass is 10.2. The highest BCUT2D eigenvalue weighted by Crippen LogP contribution is 2.33. The summed E-state index contributed by atoms with van der Waals surface area (Å²) in [7, 11) is 0. The standard InChI is InChI=1S/C14H13N3O2/c15-11-3-4-12-13(8-11)19-7-6-17(12)14(18)10-2-1-5-16-9-10/h1-5,8-9H,6-7,15H2. The number of rotatable bonds is 1.